The number of aromatic nitrogens is 1. The zero-order valence-electron chi connectivity index (χ0n) is 11.0. The molecule has 1 aromatic heterocycles. The number of ketones is 1. The second-order valence-electron chi connectivity index (χ2n) is 4.23. The first-order valence-electron chi connectivity index (χ1n) is 5.83. The van der Waals surface area contributed by atoms with Gasteiger partial charge >= 0.3 is 0 Å². The Morgan fingerprint density at radius 3 is 2.74 bits per heavy atom. The molecule has 0 unspecified atom stereocenters. The van der Waals surface area contributed by atoms with Crippen molar-refractivity contribution in [2.45, 2.75) is 27.4 Å². The van der Waals surface area contributed by atoms with Gasteiger partial charge < -0.3 is 9.15 Å². The van der Waals surface area contributed by atoms with Gasteiger partial charge in [0.25, 0.3) is 0 Å². The number of carbonyl (C=O) groups excluding carboxylic acids is 1. The van der Waals surface area contributed by atoms with Crippen LogP contribution < -0.4 is 4.74 Å². The van der Waals surface area contributed by atoms with Gasteiger partial charge in [-0.05, 0) is 39.0 Å². The SMILES string of the molecule is CC(=O)c1ccc(Br)cc1OCc1nc(C)c(C)o1. The minimum absolute atomic E-state index is 0.0396. The number of oxazole rings is 1. The van der Waals surface area contributed by atoms with E-state index in [1.165, 1.54) is 6.92 Å². The second-order valence-corrected chi connectivity index (χ2v) is 5.15. The number of carbonyl (C=O) groups is 1. The summed E-state index contributed by atoms with van der Waals surface area (Å²) in [7, 11) is 0. The summed E-state index contributed by atoms with van der Waals surface area (Å²) in [6.07, 6.45) is 0. The third-order valence-electron chi connectivity index (χ3n) is 2.75. The smallest absolute Gasteiger partial charge is 0.232 e. The molecule has 4 nitrogen and oxygen atoms in total. The number of rotatable bonds is 4. The van der Waals surface area contributed by atoms with Crippen LogP contribution in [0.25, 0.3) is 0 Å². The molecule has 19 heavy (non-hydrogen) atoms. The zero-order valence-corrected chi connectivity index (χ0v) is 12.6. The Kier molecular flexibility index (Phi) is 4.04. The van der Waals surface area contributed by atoms with Crippen molar-refractivity contribution in [3.05, 3.63) is 45.6 Å². The average Bonchev–Trinajstić information content (AvgIpc) is 2.66. The van der Waals surface area contributed by atoms with Gasteiger partial charge in [0, 0.05) is 4.47 Å². The van der Waals surface area contributed by atoms with Gasteiger partial charge in [-0.1, -0.05) is 15.9 Å². The van der Waals surface area contributed by atoms with Gasteiger partial charge in [-0.25, -0.2) is 4.98 Å². The maximum atomic E-state index is 11.5. The fraction of sp³-hybridized carbons (Fsp3) is 0.286. The van der Waals surface area contributed by atoms with Crippen LogP contribution in [0.5, 0.6) is 5.75 Å². The molecule has 0 aliphatic heterocycles. The normalized spacial score (nSPS) is 10.5. The largest absolute Gasteiger partial charge is 0.483 e. The molecule has 2 aromatic rings. The molecule has 2 rings (SSSR count). The molecule has 0 aliphatic rings. The number of benzene rings is 1. The van der Waals surface area contributed by atoms with Crippen LogP contribution in [0.2, 0.25) is 0 Å². The summed E-state index contributed by atoms with van der Waals surface area (Å²) >= 11 is 3.36. The van der Waals surface area contributed by atoms with Crippen molar-refractivity contribution in [1.82, 2.24) is 4.98 Å². The van der Waals surface area contributed by atoms with Crippen LogP contribution in [0.1, 0.15) is 34.6 Å². The standard InChI is InChI=1S/C14H14BrNO3/c1-8-10(3)19-14(16-8)7-18-13-6-11(15)4-5-12(13)9(2)17/h4-6H,7H2,1-3H3. The molecule has 1 heterocycles. The Morgan fingerprint density at radius 1 is 1.42 bits per heavy atom. The third kappa shape index (κ3) is 3.23. The van der Waals surface area contributed by atoms with Gasteiger partial charge in [0.05, 0.1) is 11.3 Å². The van der Waals surface area contributed by atoms with E-state index in [-0.39, 0.29) is 12.4 Å². The molecular formula is C14H14BrNO3. The summed E-state index contributed by atoms with van der Waals surface area (Å²) < 4.78 is 11.9. The maximum absolute atomic E-state index is 11.5. The lowest BCUT2D eigenvalue weighted by Crippen LogP contribution is -2.02. The number of ether oxygens (including phenoxy) is 1. The Hall–Kier alpha value is -1.62. The number of nitrogens with zero attached hydrogens (tertiary/aromatic N) is 1. The number of hydrogen-bond acceptors (Lipinski definition) is 4. The Bertz CT molecular complexity index is 600. The van der Waals surface area contributed by atoms with Gasteiger partial charge in [0.1, 0.15) is 11.5 Å². The van der Waals surface area contributed by atoms with E-state index >= 15 is 0 Å². The molecule has 0 amide bonds. The van der Waals surface area contributed by atoms with E-state index in [2.05, 4.69) is 20.9 Å². The van der Waals surface area contributed by atoms with Gasteiger partial charge in [0.2, 0.25) is 5.89 Å². The number of hydrogen-bond donors (Lipinski definition) is 0. The van der Waals surface area contributed by atoms with E-state index in [1.54, 1.807) is 12.1 Å². The Balaban J connectivity index is 2.19. The fourth-order valence-electron chi connectivity index (χ4n) is 1.65. The maximum Gasteiger partial charge on any atom is 0.232 e. The molecule has 0 saturated carbocycles. The first-order valence-corrected chi connectivity index (χ1v) is 6.63. The van der Waals surface area contributed by atoms with Gasteiger partial charge in [-0.3, -0.25) is 4.79 Å². The van der Waals surface area contributed by atoms with Crippen LogP contribution in [0.3, 0.4) is 0 Å². The first-order chi connectivity index (χ1) is 8.97. The van der Waals surface area contributed by atoms with Crippen LogP contribution in [0.4, 0.5) is 0 Å². The quantitative estimate of drug-likeness (QED) is 0.802. The summed E-state index contributed by atoms with van der Waals surface area (Å²) in [5, 5.41) is 0. The molecule has 1 aromatic carbocycles. The molecule has 0 atom stereocenters. The third-order valence-corrected chi connectivity index (χ3v) is 3.24. The molecule has 0 radical (unpaired) electrons. The van der Waals surface area contributed by atoms with Crippen molar-refractivity contribution in [3.8, 4) is 5.75 Å². The van der Waals surface area contributed by atoms with Crippen LogP contribution in [-0.4, -0.2) is 10.8 Å². The highest BCUT2D eigenvalue weighted by molar-refractivity contribution is 9.10. The van der Waals surface area contributed by atoms with Crippen molar-refractivity contribution in [1.29, 1.82) is 0 Å². The van der Waals surface area contributed by atoms with Crippen molar-refractivity contribution in [2.24, 2.45) is 0 Å². The Morgan fingerprint density at radius 2 is 2.16 bits per heavy atom. The molecule has 0 bridgehead atoms. The van der Waals surface area contributed by atoms with Gasteiger partial charge in [-0.15, -0.1) is 0 Å². The zero-order chi connectivity index (χ0) is 14.0. The van der Waals surface area contributed by atoms with Gasteiger partial charge in [0.15, 0.2) is 12.4 Å². The van der Waals surface area contributed by atoms with Crippen LogP contribution in [0.15, 0.2) is 27.1 Å². The van der Waals surface area contributed by atoms with Crippen LogP contribution >= 0.6 is 15.9 Å². The van der Waals surface area contributed by atoms with E-state index in [4.69, 9.17) is 9.15 Å². The molecule has 0 N–H and O–H groups in total. The van der Waals surface area contributed by atoms with Crippen LogP contribution in [-0.2, 0) is 6.61 Å². The molecular weight excluding hydrogens is 310 g/mol. The minimum atomic E-state index is -0.0396. The van der Waals surface area contributed by atoms with Crippen molar-refractivity contribution in [2.75, 3.05) is 0 Å². The molecule has 0 saturated heterocycles. The van der Waals surface area contributed by atoms with E-state index in [0.717, 1.165) is 15.9 Å². The summed E-state index contributed by atoms with van der Waals surface area (Å²) in [6, 6.07) is 5.30. The van der Waals surface area contributed by atoms with Crippen LogP contribution in [0, 0.1) is 13.8 Å². The van der Waals surface area contributed by atoms with E-state index in [0.29, 0.717) is 17.2 Å². The highest BCUT2D eigenvalue weighted by Gasteiger charge is 2.11. The average molecular weight is 324 g/mol. The predicted octanol–water partition coefficient (Wildman–Crippen LogP) is 3.84. The number of Topliss-reactive ketones (excluding diaryl/α,β-unsaturated/α-hetero) is 1. The minimum Gasteiger partial charge on any atom is -0.483 e. The lowest BCUT2D eigenvalue weighted by molar-refractivity contribution is 0.101. The van der Waals surface area contributed by atoms with E-state index < -0.39 is 0 Å². The highest BCUT2D eigenvalue weighted by Crippen LogP contribution is 2.25. The van der Waals surface area contributed by atoms with E-state index in [9.17, 15) is 4.79 Å². The first kappa shape index (κ1) is 13.8. The lowest BCUT2D eigenvalue weighted by atomic mass is 10.1. The molecule has 0 spiro atoms. The Labute approximate surface area is 119 Å². The molecule has 100 valence electrons. The van der Waals surface area contributed by atoms with Crippen molar-refractivity contribution < 1.29 is 13.9 Å². The fourth-order valence-corrected chi connectivity index (χ4v) is 1.99. The van der Waals surface area contributed by atoms with Crippen molar-refractivity contribution >= 4 is 21.7 Å². The summed E-state index contributed by atoms with van der Waals surface area (Å²) in [5.74, 6) is 1.77. The molecule has 0 aliphatic carbocycles. The lowest BCUT2D eigenvalue weighted by Gasteiger charge is -2.08. The number of halogens is 1. The molecule has 5 heteroatoms. The van der Waals surface area contributed by atoms with Gasteiger partial charge in [-0.2, -0.15) is 0 Å². The monoisotopic (exact) mass is 323 g/mol. The second kappa shape index (κ2) is 5.57. The molecule has 0 fully saturated rings. The summed E-state index contributed by atoms with van der Waals surface area (Å²) in [4.78, 5) is 15.7. The predicted molar refractivity (Wildman–Crippen MR) is 74.5 cm³/mol. The number of aryl methyl sites for hydroxylation is 2. The van der Waals surface area contributed by atoms with E-state index in [1.807, 2.05) is 19.9 Å². The summed E-state index contributed by atoms with van der Waals surface area (Å²) in [5.41, 5.74) is 1.39. The topological polar surface area (TPSA) is 52.3 Å². The van der Waals surface area contributed by atoms with Crippen molar-refractivity contribution in [3.63, 3.8) is 0 Å². The summed E-state index contributed by atoms with van der Waals surface area (Å²) in [6.45, 7) is 5.44. The highest BCUT2D eigenvalue weighted by atomic mass is 79.9.